The second kappa shape index (κ2) is 6.88. The maximum atomic E-state index is 13.0. The van der Waals surface area contributed by atoms with Gasteiger partial charge in [0.25, 0.3) is 5.91 Å². The zero-order valence-corrected chi connectivity index (χ0v) is 13.2. The second-order valence-electron chi connectivity index (χ2n) is 5.29. The summed E-state index contributed by atoms with van der Waals surface area (Å²) in [6.07, 6.45) is 0. The lowest BCUT2D eigenvalue weighted by atomic mass is 10.2. The molecule has 1 heterocycles. The molecule has 0 unspecified atom stereocenters. The van der Waals surface area contributed by atoms with E-state index in [0.717, 1.165) is 0 Å². The molecule has 0 bridgehead atoms. The van der Waals surface area contributed by atoms with Crippen molar-refractivity contribution in [1.29, 1.82) is 5.26 Å². The van der Waals surface area contributed by atoms with E-state index in [0.29, 0.717) is 22.6 Å². The summed E-state index contributed by atoms with van der Waals surface area (Å²) < 4.78 is 13.0. The average Bonchev–Trinajstić information content (AvgIpc) is 3.12. The second-order valence-corrected chi connectivity index (χ2v) is 5.29. The molecule has 1 aromatic heterocycles. The van der Waals surface area contributed by atoms with Crippen LogP contribution in [0, 0.1) is 17.1 Å². The Hall–Kier alpha value is -3.60. The molecule has 0 spiro atoms. The Labute approximate surface area is 142 Å². The number of hydrogen-bond donors (Lipinski definition) is 1. The zero-order valence-electron chi connectivity index (χ0n) is 13.2. The van der Waals surface area contributed by atoms with Crippen LogP contribution in [0.3, 0.4) is 0 Å². The normalized spacial score (nSPS) is 11.6. The molecule has 0 fully saturated rings. The van der Waals surface area contributed by atoms with Gasteiger partial charge < -0.3 is 5.32 Å². The molecule has 0 aliphatic rings. The molecular weight excluding hydrogens is 323 g/mol. The molecule has 1 N–H and O–H groups in total. The summed E-state index contributed by atoms with van der Waals surface area (Å²) >= 11 is 0. The van der Waals surface area contributed by atoms with Crippen molar-refractivity contribution in [2.45, 2.75) is 13.0 Å². The molecule has 3 rings (SSSR count). The summed E-state index contributed by atoms with van der Waals surface area (Å²) in [4.78, 5) is 13.5. The minimum Gasteiger partial charge on any atom is -0.324 e. The molecule has 0 aliphatic heterocycles. The Kier molecular flexibility index (Phi) is 4.48. The highest BCUT2D eigenvalue weighted by Gasteiger charge is 2.19. The van der Waals surface area contributed by atoms with E-state index in [4.69, 9.17) is 5.26 Å². The molecule has 1 amide bonds. The number of anilines is 1. The number of aromatic nitrogens is 4. The Morgan fingerprint density at radius 1 is 1.20 bits per heavy atom. The highest BCUT2D eigenvalue weighted by molar-refractivity contribution is 5.93. The van der Waals surface area contributed by atoms with E-state index in [1.54, 1.807) is 31.2 Å². The molecule has 0 radical (unpaired) electrons. The van der Waals surface area contributed by atoms with Gasteiger partial charge in [0.1, 0.15) is 11.9 Å². The predicted molar refractivity (Wildman–Crippen MR) is 87.7 cm³/mol. The number of benzene rings is 2. The number of nitrogens with zero attached hydrogens (tertiary/aromatic N) is 5. The van der Waals surface area contributed by atoms with Gasteiger partial charge >= 0.3 is 0 Å². The molecule has 7 nitrogen and oxygen atoms in total. The van der Waals surface area contributed by atoms with Crippen molar-refractivity contribution < 1.29 is 9.18 Å². The first-order valence-corrected chi connectivity index (χ1v) is 7.43. The Morgan fingerprint density at radius 3 is 2.52 bits per heavy atom. The number of hydrogen-bond acceptors (Lipinski definition) is 5. The van der Waals surface area contributed by atoms with Crippen molar-refractivity contribution in [2.24, 2.45) is 0 Å². The maximum absolute atomic E-state index is 13.0. The third-order valence-electron chi connectivity index (χ3n) is 3.54. The van der Waals surface area contributed by atoms with Gasteiger partial charge in [-0.2, -0.15) is 10.1 Å². The number of nitriles is 1. The summed E-state index contributed by atoms with van der Waals surface area (Å²) in [5.74, 6) is -0.378. The van der Waals surface area contributed by atoms with E-state index < -0.39 is 6.04 Å². The van der Waals surface area contributed by atoms with Gasteiger partial charge in [0.05, 0.1) is 11.6 Å². The van der Waals surface area contributed by atoms with E-state index in [-0.39, 0.29) is 11.7 Å². The van der Waals surface area contributed by atoms with Gasteiger partial charge in [0.2, 0.25) is 5.82 Å². The van der Waals surface area contributed by atoms with Gasteiger partial charge in [-0.1, -0.05) is 0 Å². The van der Waals surface area contributed by atoms with Crippen LogP contribution in [-0.2, 0) is 4.79 Å². The van der Waals surface area contributed by atoms with Gasteiger partial charge in [0, 0.05) is 11.3 Å². The number of amides is 1. The smallest absolute Gasteiger partial charge is 0.250 e. The molecule has 0 saturated carbocycles. The van der Waals surface area contributed by atoms with Crippen LogP contribution in [0.5, 0.6) is 0 Å². The molecule has 2 aromatic carbocycles. The van der Waals surface area contributed by atoms with E-state index >= 15 is 0 Å². The van der Waals surface area contributed by atoms with Crippen LogP contribution in [-0.4, -0.2) is 26.1 Å². The highest BCUT2D eigenvalue weighted by Crippen LogP contribution is 2.16. The average molecular weight is 336 g/mol. The van der Waals surface area contributed by atoms with Gasteiger partial charge in [0.15, 0.2) is 0 Å². The number of halogens is 1. The van der Waals surface area contributed by atoms with Crippen molar-refractivity contribution in [2.75, 3.05) is 5.32 Å². The summed E-state index contributed by atoms with van der Waals surface area (Å²) in [7, 11) is 0. The summed E-state index contributed by atoms with van der Waals surface area (Å²) in [6.45, 7) is 1.63. The van der Waals surface area contributed by atoms with Crippen molar-refractivity contribution in [3.8, 4) is 17.5 Å². The van der Waals surface area contributed by atoms with Crippen LogP contribution in [0.1, 0.15) is 18.5 Å². The van der Waals surface area contributed by atoms with Crippen LogP contribution < -0.4 is 5.32 Å². The van der Waals surface area contributed by atoms with Crippen LogP contribution in [0.25, 0.3) is 11.4 Å². The molecule has 8 heteroatoms. The molecule has 0 saturated heterocycles. The molecule has 0 aliphatic carbocycles. The fraction of sp³-hybridized carbons (Fsp3) is 0.118. The van der Waals surface area contributed by atoms with Crippen LogP contribution >= 0.6 is 0 Å². The van der Waals surface area contributed by atoms with Crippen molar-refractivity contribution >= 4 is 11.6 Å². The van der Waals surface area contributed by atoms with Gasteiger partial charge in [-0.3, -0.25) is 4.79 Å². The predicted octanol–water partition coefficient (Wildman–Crippen LogP) is 2.55. The lowest BCUT2D eigenvalue weighted by Crippen LogP contribution is -2.25. The molecular formula is C17H13FN6O. The van der Waals surface area contributed by atoms with E-state index in [9.17, 15) is 9.18 Å². The minimum atomic E-state index is -0.697. The molecule has 25 heavy (non-hydrogen) atoms. The lowest BCUT2D eigenvalue weighted by molar-refractivity contribution is -0.119. The molecule has 1 atom stereocenters. The van der Waals surface area contributed by atoms with Crippen molar-refractivity contribution in [3.05, 3.63) is 59.9 Å². The van der Waals surface area contributed by atoms with E-state index in [1.807, 2.05) is 6.07 Å². The molecule has 3 aromatic rings. The number of rotatable bonds is 4. The first-order chi connectivity index (χ1) is 12.1. The van der Waals surface area contributed by atoms with Gasteiger partial charge in [-0.15, -0.1) is 10.2 Å². The zero-order chi connectivity index (χ0) is 17.8. The first-order valence-electron chi connectivity index (χ1n) is 7.43. The maximum Gasteiger partial charge on any atom is 0.250 e. The van der Waals surface area contributed by atoms with Gasteiger partial charge in [-0.05, 0) is 60.7 Å². The Bertz CT molecular complexity index is 927. The third-order valence-corrected chi connectivity index (χ3v) is 3.54. The quantitative estimate of drug-likeness (QED) is 0.790. The topological polar surface area (TPSA) is 96.5 Å². The minimum absolute atomic E-state index is 0.304. The lowest BCUT2D eigenvalue weighted by Gasteiger charge is -2.10. The fourth-order valence-electron chi connectivity index (χ4n) is 2.08. The standard InChI is InChI=1S/C17H13FN6O/c1-11(17(25)20-15-8-2-12(10-19)3-9-15)24-22-16(21-23-24)13-4-6-14(18)7-5-13/h2-9,11H,1H3,(H,20,25)/t11-/m0/s1. The van der Waals surface area contributed by atoms with Crippen molar-refractivity contribution in [1.82, 2.24) is 20.2 Å². The summed E-state index contributed by atoms with van der Waals surface area (Å²) in [6, 6.07) is 13.5. The number of carbonyl (C=O) groups excluding carboxylic acids is 1. The fourth-order valence-corrected chi connectivity index (χ4v) is 2.08. The van der Waals surface area contributed by atoms with Gasteiger partial charge in [-0.25, -0.2) is 4.39 Å². The van der Waals surface area contributed by atoms with Crippen LogP contribution in [0.2, 0.25) is 0 Å². The number of nitrogens with one attached hydrogen (secondary N) is 1. The molecule has 124 valence electrons. The van der Waals surface area contributed by atoms with Crippen LogP contribution in [0.15, 0.2) is 48.5 Å². The largest absolute Gasteiger partial charge is 0.324 e. The summed E-state index contributed by atoms with van der Waals surface area (Å²) in [5, 5.41) is 23.4. The Balaban J connectivity index is 1.71. The highest BCUT2D eigenvalue weighted by atomic mass is 19.1. The van der Waals surface area contributed by atoms with E-state index in [1.165, 1.54) is 29.1 Å². The number of tetrazole rings is 1. The first kappa shape index (κ1) is 16.3. The number of carbonyl (C=O) groups is 1. The SMILES string of the molecule is C[C@@H](C(=O)Nc1ccc(C#N)cc1)n1nnc(-c2ccc(F)cc2)n1. The van der Waals surface area contributed by atoms with Crippen LogP contribution in [0.4, 0.5) is 10.1 Å². The van der Waals surface area contributed by atoms with E-state index in [2.05, 4.69) is 20.7 Å². The van der Waals surface area contributed by atoms with Crippen molar-refractivity contribution in [3.63, 3.8) is 0 Å². The third kappa shape index (κ3) is 3.67. The monoisotopic (exact) mass is 336 g/mol. The summed E-state index contributed by atoms with van der Waals surface area (Å²) in [5.41, 5.74) is 1.68. The Morgan fingerprint density at radius 2 is 1.88 bits per heavy atom.